The smallest absolute Gasteiger partial charge is 0.340 e. The second-order valence-corrected chi connectivity index (χ2v) is 7.33. The fourth-order valence-corrected chi connectivity index (χ4v) is 3.35. The number of nitrogens with one attached hydrogen (secondary N) is 1. The van der Waals surface area contributed by atoms with Gasteiger partial charge in [-0.25, -0.2) is 4.79 Å². The molecule has 2 aliphatic rings. The first-order valence-electron chi connectivity index (χ1n) is 9.23. The third kappa shape index (κ3) is 5.40. The summed E-state index contributed by atoms with van der Waals surface area (Å²) < 4.78 is 15.9. The minimum atomic E-state index is -2.33. The normalized spacial score (nSPS) is 40.5. The van der Waals surface area contributed by atoms with E-state index in [1.807, 2.05) is 0 Å². The standard InChI is InChI=1S/C15H26ClN3O12/c16-1-2-19(18-28)14(27)17-3-6-8(22)10(24)11(25)13(29-6)31-15(5-21)12(26)9(23)7(4-20)30-15/h6-13,20-26H,1-5H2,(H,17,27)/t6-,7-,8-,9-,10+,11-,12+,13-,15+/m1/s1. The zero-order valence-electron chi connectivity index (χ0n) is 16.1. The van der Waals surface area contributed by atoms with Gasteiger partial charge in [0.25, 0.3) is 0 Å². The fourth-order valence-electron chi connectivity index (χ4n) is 3.19. The molecule has 0 aromatic carbocycles. The Morgan fingerprint density at radius 2 is 1.77 bits per heavy atom. The Hall–Kier alpha value is -1.24. The number of amides is 2. The Morgan fingerprint density at radius 3 is 2.29 bits per heavy atom. The highest BCUT2D eigenvalue weighted by molar-refractivity contribution is 6.18. The average molecular weight is 476 g/mol. The Morgan fingerprint density at radius 1 is 1.10 bits per heavy atom. The molecule has 15 nitrogen and oxygen atoms in total. The molecule has 0 aromatic rings. The molecule has 0 spiro atoms. The second kappa shape index (κ2) is 11.1. The van der Waals surface area contributed by atoms with E-state index in [1.54, 1.807) is 0 Å². The van der Waals surface area contributed by atoms with Crippen LogP contribution >= 0.6 is 11.6 Å². The molecular formula is C15H26ClN3O12. The largest absolute Gasteiger partial charge is 0.394 e. The van der Waals surface area contributed by atoms with E-state index in [1.165, 1.54) is 0 Å². The first kappa shape index (κ1) is 26.0. The van der Waals surface area contributed by atoms with Crippen molar-refractivity contribution in [2.24, 2.45) is 5.29 Å². The highest BCUT2D eigenvalue weighted by Gasteiger charge is 2.58. The number of hydrogen-bond donors (Lipinski definition) is 8. The van der Waals surface area contributed by atoms with Crippen LogP contribution in [0.15, 0.2) is 5.29 Å². The number of aliphatic hydroxyl groups is 7. The van der Waals surface area contributed by atoms with Crippen LogP contribution in [0.25, 0.3) is 0 Å². The number of carbonyl (C=O) groups excluding carboxylic acids is 1. The maximum atomic E-state index is 11.9. The van der Waals surface area contributed by atoms with Gasteiger partial charge in [0.1, 0.15) is 49.3 Å². The zero-order valence-corrected chi connectivity index (χ0v) is 16.9. The van der Waals surface area contributed by atoms with Crippen LogP contribution in [-0.4, -0.2) is 134 Å². The predicted octanol–water partition coefficient (Wildman–Crippen LogP) is -4.46. The maximum absolute atomic E-state index is 11.9. The van der Waals surface area contributed by atoms with Crippen LogP contribution in [0.2, 0.25) is 0 Å². The lowest BCUT2D eigenvalue weighted by Gasteiger charge is -2.43. The molecule has 9 atom stereocenters. The lowest BCUT2D eigenvalue weighted by atomic mass is 9.98. The molecule has 0 bridgehead atoms. The molecule has 180 valence electrons. The van der Waals surface area contributed by atoms with Crippen LogP contribution in [0.3, 0.4) is 0 Å². The SMILES string of the molecule is O=NN(CCCl)C(=O)NC[C@H]1O[C@H](O[C@]2(CO)O[C@H](CO)[C@@H](O)[C@@H]2O)[C@H](O)[C@@H](O)[C@@H]1O. The third-order valence-corrected chi connectivity index (χ3v) is 5.14. The van der Waals surface area contributed by atoms with Gasteiger partial charge >= 0.3 is 6.03 Å². The number of halogens is 1. The molecule has 2 amide bonds. The van der Waals surface area contributed by atoms with E-state index < -0.39 is 80.6 Å². The van der Waals surface area contributed by atoms with Crippen molar-refractivity contribution in [2.45, 2.75) is 54.8 Å². The van der Waals surface area contributed by atoms with Gasteiger partial charge in [0, 0.05) is 12.4 Å². The van der Waals surface area contributed by atoms with Gasteiger partial charge in [0.2, 0.25) is 5.79 Å². The van der Waals surface area contributed by atoms with E-state index in [0.29, 0.717) is 5.01 Å². The first-order chi connectivity index (χ1) is 14.6. The van der Waals surface area contributed by atoms with Crippen molar-refractivity contribution >= 4 is 17.6 Å². The molecule has 0 saturated carbocycles. The van der Waals surface area contributed by atoms with Crippen molar-refractivity contribution in [1.82, 2.24) is 10.3 Å². The summed E-state index contributed by atoms with van der Waals surface area (Å²) in [7, 11) is 0. The predicted molar refractivity (Wildman–Crippen MR) is 98.2 cm³/mol. The van der Waals surface area contributed by atoms with Crippen molar-refractivity contribution < 1.29 is 54.8 Å². The zero-order chi connectivity index (χ0) is 23.3. The maximum Gasteiger partial charge on any atom is 0.340 e. The summed E-state index contributed by atoms with van der Waals surface area (Å²) in [5, 5.41) is 74.6. The van der Waals surface area contributed by atoms with E-state index in [9.17, 15) is 45.4 Å². The van der Waals surface area contributed by atoms with E-state index >= 15 is 0 Å². The molecule has 0 aliphatic carbocycles. The van der Waals surface area contributed by atoms with E-state index in [2.05, 4.69) is 10.6 Å². The van der Waals surface area contributed by atoms with Gasteiger partial charge in [-0.05, 0) is 0 Å². The van der Waals surface area contributed by atoms with Crippen LogP contribution in [0.1, 0.15) is 0 Å². The van der Waals surface area contributed by atoms with Crippen LogP contribution in [0.4, 0.5) is 4.79 Å². The Balaban J connectivity index is 2.10. The molecule has 2 saturated heterocycles. The summed E-state index contributed by atoms with van der Waals surface area (Å²) >= 11 is 5.45. The first-order valence-corrected chi connectivity index (χ1v) is 9.77. The van der Waals surface area contributed by atoms with Crippen molar-refractivity contribution in [3.63, 3.8) is 0 Å². The molecule has 31 heavy (non-hydrogen) atoms. The van der Waals surface area contributed by atoms with E-state index in [0.717, 1.165) is 0 Å². The molecule has 2 fully saturated rings. The van der Waals surface area contributed by atoms with Gasteiger partial charge in [0.15, 0.2) is 6.29 Å². The topological polar surface area (TPSA) is 231 Å². The average Bonchev–Trinajstić information content (AvgIpc) is 3.01. The summed E-state index contributed by atoms with van der Waals surface area (Å²) in [6, 6.07) is -0.972. The van der Waals surface area contributed by atoms with Gasteiger partial charge in [0.05, 0.1) is 18.4 Å². The molecule has 8 N–H and O–H groups in total. The lowest BCUT2D eigenvalue weighted by molar-refractivity contribution is -0.381. The molecule has 0 aromatic heterocycles. The summed E-state index contributed by atoms with van der Waals surface area (Å²) in [4.78, 5) is 22.6. The number of nitroso groups, excluding NO2 is 1. The van der Waals surface area contributed by atoms with Crippen molar-refractivity contribution in [1.29, 1.82) is 0 Å². The van der Waals surface area contributed by atoms with Crippen LogP contribution in [0, 0.1) is 4.91 Å². The summed E-state index contributed by atoms with van der Waals surface area (Å²) in [5.74, 6) is -2.40. The Bertz CT molecular complexity index is 620. The van der Waals surface area contributed by atoms with Crippen LogP contribution < -0.4 is 5.32 Å². The van der Waals surface area contributed by atoms with Crippen molar-refractivity contribution in [3.8, 4) is 0 Å². The summed E-state index contributed by atoms with van der Waals surface area (Å²) in [6.07, 6.45) is -13.5. The van der Waals surface area contributed by atoms with Gasteiger partial charge in [-0.1, -0.05) is 0 Å². The van der Waals surface area contributed by atoms with Gasteiger partial charge < -0.3 is 55.3 Å². The lowest BCUT2D eigenvalue weighted by Crippen LogP contribution is -2.63. The van der Waals surface area contributed by atoms with Crippen molar-refractivity contribution in [3.05, 3.63) is 4.91 Å². The number of hydrogen-bond acceptors (Lipinski definition) is 13. The number of nitrogens with zero attached hydrogens (tertiary/aromatic N) is 2. The molecule has 16 heteroatoms. The van der Waals surface area contributed by atoms with Crippen molar-refractivity contribution in [2.75, 3.05) is 32.2 Å². The minimum absolute atomic E-state index is 0.0746. The van der Waals surface area contributed by atoms with Crippen LogP contribution in [0.5, 0.6) is 0 Å². The number of alkyl halides is 1. The molecule has 0 unspecified atom stereocenters. The van der Waals surface area contributed by atoms with E-state index in [-0.39, 0.29) is 12.4 Å². The summed E-state index contributed by atoms with van der Waals surface area (Å²) in [5.41, 5.74) is 0. The number of rotatable bonds is 9. The Kier molecular flexibility index (Phi) is 9.28. The van der Waals surface area contributed by atoms with Gasteiger partial charge in [-0.2, -0.15) is 5.01 Å². The van der Waals surface area contributed by atoms with Gasteiger partial charge in [-0.3, -0.25) is 0 Å². The molecule has 2 heterocycles. The summed E-state index contributed by atoms with van der Waals surface area (Å²) in [6.45, 7) is -2.43. The van der Waals surface area contributed by atoms with E-state index in [4.69, 9.17) is 25.8 Å². The number of aliphatic hydroxyl groups excluding tert-OH is 7. The van der Waals surface area contributed by atoms with Crippen LogP contribution in [-0.2, 0) is 14.2 Å². The minimum Gasteiger partial charge on any atom is -0.394 e. The highest BCUT2D eigenvalue weighted by atomic mass is 35.5. The quantitative estimate of drug-likeness (QED) is 0.0896. The number of urea groups is 1. The second-order valence-electron chi connectivity index (χ2n) is 6.96. The molecule has 2 aliphatic heterocycles. The number of ether oxygens (including phenoxy) is 3. The number of carbonyl (C=O) groups is 1. The third-order valence-electron chi connectivity index (χ3n) is 4.97. The van der Waals surface area contributed by atoms with Gasteiger partial charge in [-0.15, -0.1) is 16.5 Å². The molecular weight excluding hydrogens is 450 g/mol. The highest BCUT2D eigenvalue weighted by Crippen LogP contribution is 2.35. The fraction of sp³-hybridized carbons (Fsp3) is 0.933. The molecule has 0 radical (unpaired) electrons. The monoisotopic (exact) mass is 475 g/mol. The molecule has 2 rings (SSSR count). The Labute approximate surface area is 180 Å².